The molecule has 0 aliphatic carbocycles. The molecule has 0 aliphatic heterocycles. The zero-order chi connectivity index (χ0) is 13.8. The van der Waals surface area contributed by atoms with E-state index in [4.69, 9.17) is 4.74 Å². The maximum absolute atomic E-state index is 11.4. The first-order valence-corrected chi connectivity index (χ1v) is 6.71. The predicted octanol–water partition coefficient (Wildman–Crippen LogP) is 0.317. The number of ether oxygens (including phenoxy) is 1. The summed E-state index contributed by atoms with van der Waals surface area (Å²) in [5, 5.41) is 6.04. The number of amides is 1. The number of nitrogens with zero attached hydrogens (tertiary/aromatic N) is 1. The van der Waals surface area contributed by atoms with Crippen LogP contribution in [0.3, 0.4) is 0 Å². The Morgan fingerprint density at radius 2 is 2.00 bits per heavy atom. The second-order valence-electron chi connectivity index (χ2n) is 5.01. The second-order valence-corrected chi connectivity index (χ2v) is 5.01. The fraction of sp³-hybridized carbons (Fsp3) is 0.923. The van der Waals surface area contributed by atoms with Crippen LogP contribution in [0.5, 0.6) is 0 Å². The largest absolute Gasteiger partial charge is 0.383 e. The molecule has 1 amide bonds. The number of hydrogen-bond acceptors (Lipinski definition) is 4. The van der Waals surface area contributed by atoms with Gasteiger partial charge in [0.25, 0.3) is 0 Å². The molecule has 0 aliphatic rings. The zero-order valence-corrected chi connectivity index (χ0v) is 12.3. The van der Waals surface area contributed by atoms with Crippen LogP contribution in [0.1, 0.15) is 20.3 Å². The summed E-state index contributed by atoms with van der Waals surface area (Å²) < 4.78 is 4.99. The molecule has 0 rings (SSSR count). The van der Waals surface area contributed by atoms with Crippen LogP contribution in [0, 0.1) is 5.92 Å². The molecule has 5 heteroatoms. The van der Waals surface area contributed by atoms with E-state index in [1.54, 1.807) is 7.11 Å². The number of carbonyl (C=O) groups is 1. The summed E-state index contributed by atoms with van der Waals surface area (Å²) in [6.07, 6.45) is 1.03. The standard InChI is InChI=1S/C13H29N3O2/c1-12(2)5-6-15-13(17)11-14-7-8-16(3)9-10-18-4/h12,14H,5-11H2,1-4H3,(H,15,17). The van der Waals surface area contributed by atoms with Crippen molar-refractivity contribution < 1.29 is 9.53 Å². The van der Waals surface area contributed by atoms with Crippen molar-refractivity contribution in [1.29, 1.82) is 0 Å². The molecule has 0 saturated heterocycles. The van der Waals surface area contributed by atoms with Crippen LogP contribution in [0.25, 0.3) is 0 Å². The highest BCUT2D eigenvalue weighted by atomic mass is 16.5. The van der Waals surface area contributed by atoms with Crippen LogP contribution in [-0.4, -0.2) is 64.3 Å². The van der Waals surface area contributed by atoms with E-state index in [1.165, 1.54) is 0 Å². The highest BCUT2D eigenvalue weighted by Crippen LogP contribution is 1.95. The van der Waals surface area contributed by atoms with E-state index in [2.05, 4.69) is 29.4 Å². The highest BCUT2D eigenvalue weighted by Gasteiger charge is 2.01. The van der Waals surface area contributed by atoms with Crippen molar-refractivity contribution in [3.8, 4) is 0 Å². The van der Waals surface area contributed by atoms with E-state index < -0.39 is 0 Å². The number of nitrogens with one attached hydrogen (secondary N) is 2. The van der Waals surface area contributed by atoms with Crippen molar-refractivity contribution in [2.75, 3.05) is 53.5 Å². The summed E-state index contributed by atoms with van der Waals surface area (Å²) in [6.45, 7) is 8.87. The van der Waals surface area contributed by atoms with Gasteiger partial charge in [0.2, 0.25) is 5.91 Å². The number of rotatable bonds is 11. The topological polar surface area (TPSA) is 53.6 Å². The average Bonchev–Trinajstić information content (AvgIpc) is 2.31. The number of hydrogen-bond donors (Lipinski definition) is 2. The minimum Gasteiger partial charge on any atom is -0.383 e. The molecule has 108 valence electrons. The molecule has 18 heavy (non-hydrogen) atoms. The van der Waals surface area contributed by atoms with Crippen molar-refractivity contribution in [2.45, 2.75) is 20.3 Å². The van der Waals surface area contributed by atoms with Gasteiger partial charge in [0.15, 0.2) is 0 Å². The van der Waals surface area contributed by atoms with E-state index in [0.717, 1.165) is 39.2 Å². The molecule has 0 fully saturated rings. The van der Waals surface area contributed by atoms with Crippen LogP contribution >= 0.6 is 0 Å². The quantitative estimate of drug-likeness (QED) is 0.525. The van der Waals surface area contributed by atoms with Crippen LogP contribution < -0.4 is 10.6 Å². The maximum Gasteiger partial charge on any atom is 0.233 e. The zero-order valence-electron chi connectivity index (χ0n) is 12.3. The Morgan fingerprint density at radius 3 is 2.61 bits per heavy atom. The fourth-order valence-electron chi connectivity index (χ4n) is 1.39. The first-order chi connectivity index (χ1) is 8.56. The van der Waals surface area contributed by atoms with E-state index in [-0.39, 0.29) is 5.91 Å². The first kappa shape index (κ1) is 17.4. The molecule has 0 aromatic carbocycles. The molecule has 0 bridgehead atoms. The maximum atomic E-state index is 11.4. The predicted molar refractivity (Wildman–Crippen MR) is 74.7 cm³/mol. The monoisotopic (exact) mass is 259 g/mol. The Kier molecular flexibility index (Phi) is 11.0. The molecular formula is C13H29N3O2. The van der Waals surface area contributed by atoms with E-state index >= 15 is 0 Å². The third kappa shape index (κ3) is 11.8. The lowest BCUT2D eigenvalue weighted by molar-refractivity contribution is -0.120. The fourth-order valence-corrected chi connectivity index (χ4v) is 1.39. The second kappa shape index (κ2) is 11.4. The number of likely N-dealkylation sites (N-methyl/N-ethyl adjacent to an activating group) is 1. The Balaban J connectivity index is 3.34. The first-order valence-electron chi connectivity index (χ1n) is 6.71. The van der Waals surface area contributed by atoms with E-state index in [9.17, 15) is 4.79 Å². The summed E-state index contributed by atoms with van der Waals surface area (Å²) in [5.41, 5.74) is 0. The van der Waals surface area contributed by atoms with Gasteiger partial charge in [0, 0.05) is 33.3 Å². The van der Waals surface area contributed by atoms with Gasteiger partial charge in [-0.05, 0) is 19.4 Å². The third-order valence-corrected chi connectivity index (χ3v) is 2.68. The van der Waals surface area contributed by atoms with E-state index in [0.29, 0.717) is 12.5 Å². The van der Waals surface area contributed by atoms with Gasteiger partial charge < -0.3 is 20.3 Å². The van der Waals surface area contributed by atoms with Gasteiger partial charge in [-0.25, -0.2) is 0 Å². The molecule has 0 radical (unpaired) electrons. The van der Waals surface area contributed by atoms with Crippen molar-refractivity contribution in [2.24, 2.45) is 5.92 Å². The molecule has 0 aromatic rings. The van der Waals surface area contributed by atoms with Gasteiger partial charge in [0.1, 0.15) is 0 Å². The molecule has 5 nitrogen and oxygen atoms in total. The summed E-state index contributed by atoms with van der Waals surface area (Å²) in [7, 11) is 3.75. The van der Waals surface area contributed by atoms with Gasteiger partial charge in [0.05, 0.1) is 13.2 Å². The molecule has 0 heterocycles. The van der Waals surface area contributed by atoms with Gasteiger partial charge in [-0.3, -0.25) is 4.79 Å². The van der Waals surface area contributed by atoms with Gasteiger partial charge in [-0.1, -0.05) is 13.8 Å². The van der Waals surface area contributed by atoms with Crippen LogP contribution in [-0.2, 0) is 9.53 Å². The summed E-state index contributed by atoms with van der Waals surface area (Å²) >= 11 is 0. The summed E-state index contributed by atoms with van der Waals surface area (Å²) in [5.74, 6) is 0.711. The van der Waals surface area contributed by atoms with Crippen molar-refractivity contribution >= 4 is 5.91 Å². The lowest BCUT2D eigenvalue weighted by Crippen LogP contribution is -2.38. The van der Waals surface area contributed by atoms with Gasteiger partial charge >= 0.3 is 0 Å². The van der Waals surface area contributed by atoms with Crippen molar-refractivity contribution in [3.63, 3.8) is 0 Å². The van der Waals surface area contributed by atoms with Crippen molar-refractivity contribution in [1.82, 2.24) is 15.5 Å². The molecular weight excluding hydrogens is 230 g/mol. The minimum atomic E-state index is 0.0789. The Labute approximate surface area is 111 Å². The Bertz CT molecular complexity index is 210. The average molecular weight is 259 g/mol. The number of methoxy groups -OCH3 is 1. The molecule has 0 saturated carbocycles. The molecule has 0 aromatic heterocycles. The lowest BCUT2D eigenvalue weighted by Gasteiger charge is -2.16. The molecule has 0 spiro atoms. The molecule has 0 unspecified atom stereocenters. The number of carbonyl (C=O) groups excluding carboxylic acids is 1. The van der Waals surface area contributed by atoms with Gasteiger partial charge in [-0.15, -0.1) is 0 Å². The Morgan fingerprint density at radius 1 is 1.28 bits per heavy atom. The Hall–Kier alpha value is -0.650. The summed E-state index contributed by atoms with van der Waals surface area (Å²) in [4.78, 5) is 13.6. The van der Waals surface area contributed by atoms with E-state index in [1.807, 2.05) is 7.05 Å². The summed E-state index contributed by atoms with van der Waals surface area (Å²) in [6, 6.07) is 0. The lowest BCUT2D eigenvalue weighted by atomic mass is 10.1. The molecule has 2 N–H and O–H groups in total. The third-order valence-electron chi connectivity index (χ3n) is 2.68. The smallest absolute Gasteiger partial charge is 0.233 e. The van der Waals surface area contributed by atoms with Crippen LogP contribution in [0.2, 0.25) is 0 Å². The van der Waals surface area contributed by atoms with Crippen molar-refractivity contribution in [3.05, 3.63) is 0 Å². The SMILES string of the molecule is COCCN(C)CCNCC(=O)NCCC(C)C. The normalized spacial score (nSPS) is 11.2. The minimum absolute atomic E-state index is 0.0789. The van der Waals surface area contributed by atoms with Gasteiger partial charge in [-0.2, -0.15) is 0 Å². The molecule has 0 atom stereocenters. The highest BCUT2D eigenvalue weighted by molar-refractivity contribution is 5.77. The van der Waals surface area contributed by atoms with Crippen LogP contribution in [0.15, 0.2) is 0 Å². The van der Waals surface area contributed by atoms with Crippen LogP contribution in [0.4, 0.5) is 0 Å².